The molecule has 0 bridgehead atoms. The van der Waals surface area contributed by atoms with Crippen LogP contribution in [0, 0.1) is 5.92 Å². The zero-order valence-electron chi connectivity index (χ0n) is 11.6. The van der Waals surface area contributed by atoms with E-state index in [-0.39, 0.29) is 11.9 Å². The van der Waals surface area contributed by atoms with Gasteiger partial charge in [0.05, 0.1) is 6.04 Å². The standard InChI is InChI=1S/C17H18ClNO/c1-12(2)16(13-8-10-15(18)11-9-13)19-17(20)14-6-4-3-5-7-14/h3-12,16H,1-2H3,(H,19,20). The molecular weight excluding hydrogens is 270 g/mol. The molecule has 0 spiro atoms. The Hall–Kier alpha value is -1.80. The fraction of sp³-hybridized carbons (Fsp3) is 0.235. The summed E-state index contributed by atoms with van der Waals surface area (Å²) in [6.07, 6.45) is 0. The molecule has 0 heterocycles. The molecule has 104 valence electrons. The Balaban J connectivity index is 2.18. The van der Waals surface area contributed by atoms with Gasteiger partial charge in [-0.1, -0.05) is 55.8 Å². The smallest absolute Gasteiger partial charge is 0.251 e. The van der Waals surface area contributed by atoms with Gasteiger partial charge in [0, 0.05) is 10.6 Å². The van der Waals surface area contributed by atoms with Crippen molar-refractivity contribution in [3.8, 4) is 0 Å². The first-order valence-electron chi connectivity index (χ1n) is 6.69. The van der Waals surface area contributed by atoms with Crippen molar-refractivity contribution in [1.29, 1.82) is 0 Å². The van der Waals surface area contributed by atoms with Crippen LogP contribution in [0.25, 0.3) is 0 Å². The molecule has 0 radical (unpaired) electrons. The van der Waals surface area contributed by atoms with Gasteiger partial charge in [0.25, 0.3) is 5.91 Å². The third-order valence-electron chi connectivity index (χ3n) is 3.22. The summed E-state index contributed by atoms with van der Waals surface area (Å²) in [4.78, 5) is 12.3. The zero-order chi connectivity index (χ0) is 14.5. The number of rotatable bonds is 4. The zero-order valence-corrected chi connectivity index (χ0v) is 12.4. The Morgan fingerprint density at radius 1 is 1.00 bits per heavy atom. The predicted molar refractivity (Wildman–Crippen MR) is 82.9 cm³/mol. The van der Waals surface area contributed by atoms with Gasteiger partial charge in [-0.15, -0.1) is 0 Å². The van der Waals surface area contributed by atoms with Crippen molar-refractivity contribution in [2.75, 3.05) is 0 Å². The molecule has 0 aliphatic heterocycles. The summed E-state index contributed by atoms with van der Waals surface area (Å²) >= 11 is 5.91. The first-order valence-corrected chi connectivity index (χ1v) is 7.07. The van der Waals surface area contributed by atoms with E-state index >= 15 is 0 Å². The Bertz CT molecular complexity index is 563. The van der Waals surface area contributed by atoms with E-state index in [4.69, 9.17) is 11.6 Å². The molecular formula is C17H18ClNO. The monoisotopic (exact) mass is 287 g/mol. The lowest BCUT2D eigenvalue weighted by atomic mass is 9.95. The summed E-state index contributed by atoms with van der Waals surface area (Å²) in [5.41, 5.74) is 1.74. The number of amides is 1. The second-order valence-corrected chi connectivity index (χ2v) is 5.55. The first-order chi connectivity index (χ1) is 9.58. The van der Waals surface area contributed by atoms with Crippen molar-refractivity contribution in [2.24, 2.45) is 5.92 Å². The minimum Gasteiger partial charge on any atom is -0.345 e. The normalized spacial score (nSPS) is 12.2. The van der Waals surface area contributed by atoms with Crippen LogP contribution in [0.3, 0.4) is 0 Å². The molecule has 1 N–H and O–H groups in total. The van der Waals surface area contributed by atoms with Crippen molar-refractivity contribution < 1.29 is 4.79 Å². The molecule has 2 aromatic rings. The fourth-order valence-corrected chi connectivity index (χ4v) is 2.25. The van der Waals surface area contributed by atoms with Crippen molar-refractivity contribution in [1.82, 2.24) is 5.32 Å². The summed E-state index contributed by atoms with van der Waals surface area (Å²) in [5, 5.41) is 3.79. The van der Waals surface area contributed by atoms with Crippen LogP contribution in [0.15, 0.2) is 54.6 Å². The average Bonchev–Trinajstić information content (AvgIpc) is 2.46. The van der Waals surface area contributed by atoms with E-state index in [2.05, 4.69) is 19.2 Å². The first kappa shape index (κ1) is 14.6. The highest BCUT2D eigenvalue weighted by molar-refractivity contribution is 6.30. The van der Waals surface area contributed by atoms with E-state index in [0.717, 1.165) is 5.56 Å². The molecule has 2 nitrogen and oxygen atoms in total. The van der Waals surface area contributed by atoms with Crippen LogP contribution in [-0.2, 0) is 0 Å². The Kier molecular flexibility index (Phi) is 4.80. The third kappa shape index (κ3) is 3.61. The molecule has 3 heteroatoms. The van der Waals surface area contributed by atoms with E-state index in [1.807, 2.05) is 54.6 Å². The summed E-state index contributed by atoms with van der Waals surface area (Å²) in [6, 6.07) is 16.8. The third-order valence-corrected chi connectivity index (χ3v) is 3.47. The Morgan fingerprint density at radius 3 is 2.15 bits per heavy atom. The van der Waals surface area contributed by atoms with Crippen LogP contribution in [0.1, 0.15) is 35.8 Å². The SMILES string of the molecule is CC(C)C(NC(=O)c1ccccc1)c1ccc(Cl)cc1. The van der Waals surface area contributed by atoms with Crippen LogP contribution in [-0.4, -0.2) is 5.91 Å². The van der Waals surface area contributed by atoms with Gasteiger partial charge in [-0.2, -0.15) is 0 Å². The summed E-state index contributed by atoms with van der Waals surface area (Å²) in [7, 11) is 0. The molecule has 1 atom stereocenters. The van der Waals surface area contributed by atoms with Crippen molar-refractivity contribution in [3.05, 3.63) is 70.7 Å². The fourth-order valence-electron chi connectivity index (χ4n) is 2.12. The van der Waals surface area contributed by atoms with Crippen LogP contribution in [0.5, 0.6) is 0 Å². The molecule has 0 aliphatic rings. The number of hydrogen-bond donors (Lipinski definition) is 1. The second-order valence-electron chi connectivity index (χ2n) is 5.11. The highest BCUT2D eigenvalue weighted by Gasteiger charge is 2.18. The molecule has 0 aliphatic carbocycles. The van der Waals surface area contributed by atoms with Gasteiger partial charge in [-0.05, 0) is 35.7 Å². The predicted octanol–water partition coefficient (Wildman–Crippen LogP) is 4.47. The van der Waals surface area contributed by atoms with Crippen molar-refractivity contribution in [2.45, 2.75) is 19.9 Å². The van der Waals surface area contributed by atoms with Gasteiger partial charge in [0.1, 0.15) is 0 Å². The molecule has 1 amide bonds. The Labute approximate surface area is 124 Å². The molecule has 20 heavy (non-hydrogen) atoms. The minimum absolute atomic E-state index is 0.0278. The summed E-state index contributed by atoms with van der Waals surface area (Å²) < 4.78 is 0. The number of halogens is 1. The van der Waals surface area contributed by atoms with Gasteiger partial charge >= 0.3 is 0 Å². The van der Waals surface area contributed by atoms with E-state index in [1.54, 1.807) is 0 Å². The van der Waals surface area contributed by atoms with Gasteiger partial charge in [0.15, 0.2) is 0 Å². The average molecular weight is 288 g/mol. The van der Waals surface area contributed by atoms with E-state index in [0.29, 0.717) is 16.5 Å². The van der Waals surface area contributed by atoms with Gasteiger partial charge in [-0.25, -0.2) is 0 Å². The number of benzene rings is 2. The maximum atomic E-state index is 12.3. The summed E-state index contributed by atoms with van der Waals surface area (Å²) in [6.45, 7) is 4.18. The van der Waals surface area contributed by atoms with Gasteiger partial charge in [-0.3, -0.25) is 4.79 Å². The van der Waals surface area contributed by atoms with Crippen LogP contribution >= 0.6 is 11.6 Å². The maximum Gasteiger partial charge on any atom is 0.251 e. The van der Waals surface area contributed by atoms with Gasteiger partial charge < -0.3 is 5.32 Å². The molecule has 0 saturated carbocycles. The van der Waals surface area contributed by atoms with Crippen molar-refractivity contribution in [3.63, 3.8) is 0 Å². The molecule has 0 saturated heterocycles. The van der Waals surface area contributed by atoms with Crippen LogP contribution < -0.4 is 5.32 Å². The molecule has 2 aromatic carbocycles. The lowest BCUT2D eigenvalue weighted by Crippen LogP contribution is -2.31. The highest BCUT2D eigenvalue weighted by Crippen LogP contribution is 2.23. The summed E-state index contributed by atoms with van der Waals surface area (Å²) in [5.74, 6) is 0.239. The highest BCUT2D eigenvalue weighted by atomic mass is 35.5. The van der Waals surface area contributed by atoms with E-state index in [1.165, 1.54) is 0 Å². The van der Waals surface area contributed by atoms with Crippen LogP contribution in [0.4, 0.5) is 0 Å². The molecule has 0 aromatic heterocycles. The number of carbonyl (C=O) groups is 1. The van der Waals surface area contributed by atoms with Crippen molar-refractivity contribution >= 4 is 17.5 Å². The van der Waals surface area contributed by atoms with Crippen LogP contribution in [0.2, 0.25) is 5.02 Å². The minimum atomic E-state index is -0.0562. The molecule has 2 rings (SSSR count). The number of carbonyl (C=O) groups excluding carboxylic acids is 1. The van der Waals surface area contributed by atoms with E-state index < -0.39 is 0 Å². The lowest BCUT2D eigenvalue weighted by Gasteiger charge is -2.23. The Morgan fingerprint density at radius 2 is 1.60 bits per heavy atom. The second kappa shape index (κ2) is 6.58. The topological polar surface area (TPSA) is 29.1 Å². The quantitative estimate of drug-likeness (QED) is 0.883. The number of nitrogens with one attached hydrogen (secondary N) is 1. The van der Waals surface area contributed by atoms with E-state index in [9.17, 15) is 4.79 Å². The lowest BCUT2D eigenvalue weighted by molar-refractivity contribution is 0.0925. The van der Waals surface area contributed by atoms with Gasteiger partial charge in [0.2, 0.25) is 0 Å². The molecule has 1 unspecified atom stereocenters. The maximum absolute atomic E-state index is 12.3. The number of hydrogen-bond acceptors (Lipinski definition) is 1. The largest absolute Gasteiger partial charge is 0.345 e. The molecule has 0 fully saturated rings.